The number of nitrogens with one attached hydrogen (secondary N) is 1. The predicted octanol–water partition coefficient (Wildman–Crippen LogP) is 2.28. The van der Waals surface area contributed by atoms with Crippen LogP contribution in [0.2, 0.25) is 0 Å². The molecule has 0 spiro atoms. The van der Waals surface area contributed by atoms with Crippen LogP contribution in [0.1, 0.15) is 11.4 Å². The Bertz CT molecular complexity index is 652. The van der Waals surface area contributed by atoms with Gasteiger partial charge in [-0.3, -0.25) is 4.68 Å². The molecule has 102 valence electrons. The van der Waals surface area contributed by atoms with Gasteiger partial charge < -0.3 is 9.88 Å². The standard InChI is InChI=1S/C15H17N5/c1-19-10-8-16-15(19)11-17-14-5-3-13(4-6-14)12-20-9-2-7-18-20/h2-10,17H,11-12H2,1H3. The summed E-state index contributed by atoms with van der Waals surface area (Å²) in [7, 11) is 2.00. The third-order valence-electron chi connectivity index (χ3n) is 3.23. The van der Waals surface area contributed by atoms with E-state index in [-0.39, 0.29) is 0 Å². The second-order valence-electron chi connectivity index (χ2n) is 4.71. The van der Waals surface area contributed by atoms with Gasteiger partial charge in [0, 0.05) is 37.5 Å². The third-order valence-corrected chi connectivity index (χ3v) is 3.23. The number of nitrogens with zero attached hydrogens (tertiary/aromatic N) is 4. The molecule has 0 atom stereocenters. The Balaban J connectivity index is 1.60. The highest BCUT2D eigenvalue weighted by atomic mass is 15.3. The smallest absolute Gasteiger partial charge is 0.127 e. The molecule has 1 N–H and O–H groups in total. The summed E-state index contributed by atoms with van der Waals surface area (Å²) in [6, 6.07) is 10.3. The Morgan fingerprint density at radius 1 is 1.10 bits per heavy atom. The first-order chi connectivity index (χ1) is 9.81. The van der Waals surface area contributed by atoms with Crippen molar-refractivity contribution in [1.29, 1.82) is 0 Å². The summed E-state index contributed by atoms with van der Waals surface area (Å²) >= 11 is 0. The Kier molecular flexibility index (Phi) is 3.50. The Morgan fingerprint density at radius 3 is 2.60 bits per heavy atom. The van der Waals surface area contributed by atoms with Crippen molar-refractivity contribution in [2.45, 2.75) is 13.1 Å². The molecule has 0 saturated heterocycles. The number of aromatic nitrogens is 4. The van der Waals surface area contributed by atoms with Gasteiger partial charge in [-0.15, -0.1) is 0 Å². The van der Waals surface area contributed by atoms with Crippen LogP contribution in [0.15, 0.2) is 55.1 Å². The molecule has 3 aromatic rings. The number of rotatable bonds is 5. The molecular formula is C15H17N5. The summed E-state index contributed by atoms with van der Waals surface area (Å²) in [5.41, 5.74) is 2.33. The highest BCUT2D eigenvalue weighted by Crippen LogP contribution is 2.11. The van der Waals surface area contributed by atoms with Gasteiger partial charge in [-0.2, -0.15) is 5.10 Å². The van der Waals surface area contributed by atoms with E-state index in [1.165, 1.54) is 5.56 Å². The zero-order chi connectivity index (χ0) is 13.8. The molecule has 5 heteroatoms. The maximum atomic E-state index is 4.29. The third kappa shape index (κ3) is 2.88. The molecule has 0 unspecified atom stereocenters. The van der Waals surface area contributed by atoms with Crippen molar-refractivity contribution >= 4 is 5.69 Å². The van der Waals surface area contributed by atoms with Crippen molar-refractivity contribution in [3.05, 3.63) is 66.5 Å². The van der Waals surface area contributed by atoms with Crippen LogP contribution in [0.4, 0.5) is 5.69 Å². The summed E-state index contributed by atoms with van der Waals surface area (Å²) in [6.07, 6.45) is 7.52. The quantitative estimate of drug-likeness (QED) is 0.771. The number of hydrogen-bond acceptors (Lipinski definition) is 3. The van der Waals surface area contributed by atoms with Gasteiger partial charge in [-0.1, -0.05) is 12.1 Å². The van der Waals surface area contributed by atoms with Crippen molar-refractivity contribution in [2.24, 2.45) is 7.05 Å². The molecule has 0 aliphatic carbocycles. The number of aryl methyl sites for hydroxylation is 1. The normalized spacial score (nSPS) is 10.7. The first-order valence-corrected chi connectivity index (χ1v) is 6.58. The molecule has 0 bridgehead atoms. The predicted molar refractivity (Wildman–Crippen MR) is 78.3 cm³/mol. The molecule has 0 radical (unpaired) electrons. The summed E-state index contributed by atoms with van der Waals surface area (Å²) < 4.78 is 3.93. The van der Waals surface area contributed by atoms with Crippen LogP contribution in [0.25, 0.3) is 0 Å². The number of anilines is 1. The van der Waals surface area contributed by atoms with Crippen molar-refractivity contribution in [3.8, 4) is 0 Å². The SMILES string of the molecule is Cn1ccnc1CNc1ccc(Cn2cccn2)cc1. The summed E-state index contributed by atoms with van der Waals surface area (Å²) in [4.78, 5) is 4.29. The Labute approximate surface area is 117 Å². The van der Waals surface area contributed by atoms with E-state index in [0.29, 0.717) is 0 Å². The van der Waals surface area contributed by atoms with Gasteiger partial charge in [0.2, 0.25) is 0 Å². The molecule has 2 aromatic heterocycles. The molecule has 0 saturated carbocycles. The molecule has 1 aromatic carbocycles. The lowest BCUT2D eigenvalue weighted by Gasteiger charge is -2.08. The fourth-order valence-electron chi connectivity index (χ4n) is 2.06. The minimum Gasteiger partial charge on any atom is -0.378 e. The molecule has 0 amide bonds. The molecular weight excluding hydrogens is 250 g/mol. The number of benzene rings is 1. The van der Waals surface area contributed by atoms with Gasteiger partial charge in [0.1, 0.15) is 5.82 Å². The van der Waals surface area contributed by atoms with Gasteiger partial charge in [0.15, 0.2) is 0 Å². The van der Waals surface area contributed by atoms with E-state index in [0.717, 1.165) is 24.6 Å². The molecule has 5 nitrogen and oxygen atoms in total. The van der Waals surface area contributed by atoms with Crippen molar-refractivity contribution in [1.82, 2.24) is 19.3 Å². The highest BCUT2D eigenvalue weighted by Gasteiger charge is 2.00. The first-order valence-electron chi connectivity index (χ1n) is 6.58. The van der Waals surface area contributed by atoms with Crippen LogP contribution < -0.4 is 5.32 Å². The van der Waals surface area contributed by atoms with Crippen LogP contribution in [-0.4, -0.2) is 19.3 Å². The second-order valence-corrected chi connectivity index (χ2v) is 4.71. The van der Waals surface area contributed by atoms with Crippen LogP contribution in [0, 0.1) is 0 Å². The zero-order valence-electron chi connectivity index (χ0n) is 11.4. The van der Waals surface area contributed by atoms with E-state index in [2.05, 4.69) is 39.7 Å². The van der Waals surface area contributed by atoms with Crippen molar-refractivity contribution in [2.75, 3.05) is 5.32 Å². The number of hydrogen-bond donors (Lipinski definition) is 1. The molecule has 0 aliphatic rings. The highest BCUT2D eigenvalue weighted by molar-refractivity contribution is 5.44. The zero-order valence-corrected chi connectivity index (χ0v) is 11.4. The minimum atomic E-state index is 0.724. The average molecular weight is 267 g/mol. The van der Waals surface area contributed by atoms with E-state index in [9.17, 15) is 0 Å². The van der Waals surface area contributed by atoms with Gasteiger partial charge >= 0.3 is 0 Å². The maximum Gasteiger partial charge on any atom is 0.127 e. The van der Waals surface area contributed by atoms with Crippen LogP contribution in [0.5, 0.6) is 0 Å². The lowest BCUT2D eigenvalue weighted by Crippen LogP contribution is -2.05. The lowest BCUT2D eigenvalue weighted by atomic mass is 10.2. The van der Waals surface area contributed by atoms with Gasteiger partial charge in [0.05, 0.1) is 13.1 Å². The monoisotopic (exact) mass is 267 g/mol. The van der Waals surface area contributed by atoms with E-state index in [1.54, 1.807) is 6.20 Å². The number of imidazole rings is 1. The van der Waals surface area contributed by atoms with Gasteiger partial charge in [-0.25, -0.2) is 4.98 Å². The van der Waals surface area contributed by atoms with Gasteiger partial charge in [-0.05, 0) is 23.8 Å². The van der Waals surface area contributed by atoms with Crippen molar-refractivity contribution in [3.63, 3.8) is 0 Å². The van der Waals surface area contributed by atoms with Crippen LogP contribution in [-0.2, 0) is 20.1 Å². The van der Waals surface area contributed by atoms with E-state index in [1.807, 2.05) is 41.0 Å². The topological polar surface area (TPSA) is 47.7 Å². The average Bonchev–Trinajstić information content (AvgIpc) is 3.10. The summed E-state index contributed by atoms with van der Waals surface area (Å²) in [6.45, 7) is 1.52. The maximum absolute atomic E-state index is 4.29. The molecule has 2 heterocycles. The van der Waals surface area contributed by atoms with Gasteiger partial charge in [0.25, 0.3) is 0 Å². The molecule has 3 rings (SSSR count). The summed E-state index contributed by atoms with van der Waals surface area (Å²) in [5.74, 6) is 1.02. The Hall–Kier alpha value is -2.56. The van der Waals surface area contributed by atoms with E-state index in [4.69, 9.17) is 0 Å². The van der Waals surface area contributed by atoms with E-state index >= 15 is 0 Å². The molecule has 20 heavy (non-hydrogen) atoms. The molecule has 0 fully saturated rings. The van der Waals surface area contributed by atoms with Crippen LogP contribution in [0.3, 0.4) is 0 Å². The van der Waals surface area contributed by atoms with Crippen molar-refractivity contribution < 1.29 is 0 Å². The lowest BCUT2D eigenvalue weighted by molar-refractivity contribution is 0.687. The largest absolute Gasteiger partial charge is 0.378 e. The first kappa shape index (κ1) is 12.5. The summed E-state index contributed by atoms with van der Waals surface area (Å²) in [5, 5.41) is 7.57. The fraction of sp³-hybridized carbons (Fsp3) is 0.200. The second kappa shape index (κ2) is 5.61. The van der Waals surface area contributed by atoms with Crippen LogP contribution >= 0.6 is 0 Å². The minimum absolute atomic E-state index is 0.724. The molecule has 0 aliphatic heterocycles. The Morgan fingerprint density at radius 2 is 1.95 bits per heavy atom. The van der Waals surface area contributed by atoms with E-state index < -0.39 is 0 Å². The fourth-order valence-corrected chi connectivity index (χ4v) is 2.06.